The van der Waals surface area contributed by atoms with Crippen LogP contribution in [0.2, 0.25) is 0 Å². The van der Waals surface area contributed by atoms with Crippen LogP contribution in [0.1, 0.15) is 38.2 Å². The van der Waals surface area contributed by atoms with Crippen molar-refractivity contribution in [1.29, 1.82) is 0 Å². The average Bonchev–Trinajstić information content (AvgIpc) is 2.69. The third-order valence-corrected chi connectivity index (χ3v) is 5.56. The van der Waals surface area contributed by atoms with Gasteiger partial charge in [0.05, 0.1) is 24.1 Å². The summed E-state index contributed by atoms with van der Waals surface area (Å²) in [6.07, 6.45) is 7.49. The normalized spacial score (nSPS) is 25.2. The lowest BCUT2D eigenvalue weighted by Gasteiger charge is -2.38. The molecule has 0 radical (unpaired) electrons. The summed E-state index contributed by atoms with van der Waals surface area (Å²) in [5, 5.41) is 1.04. The zero-order valence-corrected chi connectivity index (χ0v) is 15.0. The maximum absolute atomic E-state index is 6.31. The predicted molar refractivity (Wildman–Crippen MR) is 98.0 cm³/mol. The molecule has 5 nitrogen and oxygen atoms in total. The zero-order chi connectivity index (χ0) is 17.1. The predicted octanol–water partition coefficient (Wildman–Crippen LogP) is 3.21. The first-order valence-corrected chi connectivity index (χ1v) is 9.55. The Labute approximate surface area is 149 Å². The molecular weight excluding hydrogens is 314 g/mol. The second-order valence-corrected chi connectivity index (χ2v) is 7.08. The molecule has 0 unspecified atom stereocenters. The van der Waals surface area contributed by atoms with Crippen LogP contribution in [0.25, 0.3) is 10.9 Å². The molecule has 2 aromatic rings. The quantitative estimate of drug-likeness (QED) is 0.854. The van der Waals surface area contributed by atoms with Crippen LogP contribution >= 0.6 is 0 Å². The van der Waals surface area contributed by atoms with E-state index in [9.17, 15) is 0 Å². The average molecular weight is 341 g/mol. The van der Waals surface area contributed by atoms with Crippen molar-refractivity contribution in [3.8, 4) is 5.88 Å². The first-order valence-electron chi connectivity index (χ1n) is 9.55. The highest BCUT2D eigenvalue weighted by molar-refractivity contribution is 5.83. The lowest BCUT2D eigenvalue weighted by molar-refractivity contribution is -0.00126. The molecule has 0 N–H and O–H groups in total. The molecule has 1 aromatic carbocycles. The lowest BCUT2D eigenvalue weighted by atomic mass is 9.91. The van der Waals surface area contributed by atoms with Gasteiger partial charge < -0.3 is 9.47 Å². The Bertz CT molecular complexity index is 707. The third kappa shape index (κ3) is 3.77. The van der Waals surface area contributed by atoms with Crippen molar-refractivity contribution < 1.29 is 9.47 Å². The van der Waals surface area contributed by atoms with Crippen molar-refractivity contribution in [3.63, 3.8) is 0 Å². The molecule has 0 atom stereocenters. The highest BCUT2D eigenvalue weighted by atomic mass is 16.5. The van der Waals surface area contributed by atoms with Gasteiger partial charge in [-0.3, -0.25) is 4.90 Å². The molecule has 1 saturated carbocycles. The number of aromatic nitrogens is 2. The standard InChI is InChI=1S/C20H27N3O2/c1-2-15-3-8-19-18(13-15)20(22-14-21-19)25-17-6-4-16(5-7-17)23-9-11-24-12-10-23/h3,8,13-14,16-17H,2,4-7,9-12H2,1H3. The van der Waals surface area contributed by atoms with Gasteiger partial charge in [-0.05, 0) is 49.8 Å². The number of ether oxygens (including phenoxy) is 2. The SMILES string of the molecule is CCc1ccc2ncnc(OC3CCC(N4CCOCC4)CC3)c2c1. The molecule has 1 saturated heterocycles. The number of morpholine rings is 1. The lowest BCUT2D eigenvalue weighted by Crippen LogP contribution is -2.46. The Balaban J connectivity index is 1.42. The van der Waals surface area contributed by atoms with Gasteiger partial charge >= 0.3 is 0 Å². The van der Waals surface area contributed by atoms with E-state index in [1.165, 1.54) is 18.4 Å². The minimum atomic E-state index is 0.265. The van der Waals surface area contributed by atoms with E-state index in [1.807, 2.05) is 0 Å². The summed E-state index contributed by atoms with van der Waals surface area (Å²) >= 11 is 0. The number of benzene rings is 1. The van der Waals surface area contributed by atoms with Crippen LogP contribution in [0.5, 0.6) is 5.88 Å². The van der Waals surface area contributed by atoms with Gasteiger partial charge in [0.25, 0.3) is 0 Å². The molecule has 4 rings (SSSR count). The Hall–Kier alpha value is -1.72. The summed E-state index contributed by atoms with van der Waals surface area (Å²) in [6.45, 7) is 6.07. The maximum Gasteiger partial charge on any atom is 0.224 e. The molecule has 5 heteroatoms. The molecule has 2 aliphatic rings. The van der Waals surface area contributed by atoms with Gasteiger partial charge in [-0.25, -0.2) is 9.97 Å². The molecule has 1 aliphatic carbocycles. The van der Waals surface area contributed by atoms with Gasteiger partial charge in [0.1, 0.15) is 12.4 Å². The molecule has 1 aliphatic heterocycles. The van der Waals surface area contributed by atoms with Gasteiger partial charge in [-0.1, -0.05) is 13.0 Å². The molecule has 25 heavy (non-hydrogen) atoms. The molecule has 1 aromatic heterocycles. The minimum Gasteiger partial charge on any atom is -0.474 e. The maximum atomic E-state index is 6.31. The van der Waals surface area contributed by atoms with Crippen LogP contribution in [0.15, 0.2) is 24.5 Å². The van der Waals surface area contributed by atoms with Crippen molar-refractivity contribution >= 4 is 10.9 Å². The number of fused-ring (bicyclic) bond motifs is 1. The minimum absolute atomic E-state index is 0.265. The van der Waals surface area contributed by atoms with E-state index in [-0.39, 0.29) is 6.10 Å². The largest absolute Gasteiger partial charge is 0.474 e. The van der Waals surface area contributed by atoms with Crippen LogP contribution in [-0.2, 0) is 11.2 Å². The number of hydrogen-bond acceptors (Lipinski definition) is 5. The first kappa shape index (κ1) is 16.7. The van der Waals surface area contributed by atoms with Crippen LogP contribution < -0.4 is 4.74 Å². The van der Waals surface area contributed by atoms with E-state index in [2.05, 4.69) is 40.0 Å². The number of hydrogen-bond donors (Lipinski definition) is 0. The topological polar surface area (TPSA) is 47.5 Å². The van der Waals surface area contributed by atoms with Crippen LogP contribution in [-0.4, -0.2) is 53.3 Å². The highest BCUT2D eigenvalue weighted by Gasteiger charge is 2.28. The molecule has 0 spiro atoms. The molecule has 2 heterocycles. The fourth-order valence-electron chi connectivity index (χ4n) is 4.02. The number of rotatable bonds is 4. The van der Waals surface area contributed by atoms with Gasteiger partial charge in [0.15, 0.2) is 0 Å². The molecule has 2 fully saturated rings. The first-order chi connectivity index (χ1) is 12.3. The molecule has 0 bridgehead atoms. The van der Waals surface area contributed by atoms with Crippen molar-refractivity contribution in [2.24, 2.45) is 0 Å². The van der Waals surface area contributed by atoms with Gasteiger partial charge in [0, 0.05) is 19.1 Å². The van der Waals surface area contributed by atoms with Crippen LogP contribution in [0.4, 0.5) is 0 Å². The second-order valence-electron chi connectivity index (χ2n) is 7.08. The Morgan fingerprint density at radius 1 is 1.12 bits per heavy atom. The smallest absolute Gasteiger partial charge is 0.224 e. The van der Waals surface area contributed by atoms with Gasteiger partial charge in [-0.2, -0.15) is 0 Å². The summed E-state index contributed by atoms with van der Waals surface area (Å²) in [6, 6.07) is 7.06. The molecule has 134 valence electrons. The molecular formula is C20H27N3O2. The van der Waals surface area contributed by atoms with Crippen molar-refractivity contribution in [2.45, 2.75) is 51.2 Å². The number of nitrogens with zero attached hydrogens (tertiary/aromatic N) is 3. The monoisotopic (exact) mass is 341 g/mol. The Morgan fingerprint density at radius 2 is 1.92 bits per heavy atom. The Kier molecular flexibility index (Phi) is 5.13. The fraction of sp³-hybridized carbons (Fsp3) is 0.600. The Morgan fingerprint density at radius 3 is 2.68 bits per heavy atom. The highest BCUT2D eigenvalue weighted by Crippen LogP contribution is 2.29. The van der Waals surface area contributed by atoms with Crippen LogP contribution in [0.3, 0.4) is 0 Å². The summed E-state index contributed by atoms with van der Waals surface area (Å²) in [7, 11) is 0. The van der Waals surface area contributed by atoms with E-state index in [4.69, 9.17) is 9.47 Å². The van der Waals surface area contributed by atoms with Crippen LogP contribution in [0, 0.1) is 0 Å². The summed E-state index contributed by atoms with van der Waals surface area (Å²) in [4.78, 5) is 11.4. The fourth-order valence-corrected chi connectivity index (χ4v) is 4.02. The zero-order valence-electron chi connectivity index (χ0n) is 15.0. The number of aryl methyl sites for hydroxylation is 1. The van der Waals surface area contributed by atoms with Crippen molar-refractivity contribution in [1.82, 2.24) is 14.9 Å². The van der Waals surface area contributed by atoms with Gasteiger partial charge in [0.2, 0.25) is 5.88 Å². The third-order valence-electron chi connectivity index (χ3n) is 5.56. The van der Waals surface area contributed by atoms with E-state index < -0.39 is 0 Å². The van der Waals surface area contributed by atoms with E-state index in [1.54, 1.807) is 6.33 Å². The summed E-state index contributed by atoms with van der Waals surface area (Å²) in [5.41, 5.74) is 2.26. The van der Waals surface area contributed by atoms with E-state index in [0.717, 1.165) is 62.3 Å². The van der Waals surface area contributed by atoms with Gasteiger partial charge in [-0.15, -0.1) is 0 Å². The van der Waals surface area contributed by atoms with Crippen molar-refractivity contribution in [2.75, 3.05) is 26.3 Å². The van der Waals surface area contributed by atoms with Crippen molar-refractivity contribution in [3.05, 3.63) is 30.1 Å². The second kappa shape index (κ2) is 7.67. The summed E-state index contributed by atoms with van der Waals surface area (Å²) in [5.74, 6) is 0.745. The summed E-state index contributed by atoms with van der Waals surface area (Å²) < 4.78 is 11.8. The van der Waals surface area contributed by atoms with E-state index in [0.29, 0.717) is 6.04 Å². The molecule has 0 amide bonds. The van der Waals surface area contributed by atoms with E-state index >= 15 is 0 Å².